The Balaban J connectivity index is 1.95. The largest absolute Gasteiger partial charge is 0.497 e. The highest BCUT2D eigenvalue weighted by atomic mass is 16.5. The van der Waals surface area contributed by atoms with Crippen molar-refractivity contribution in [1.82, 2.24) is 14.5 Å². The van der Waals surface area contributed by atoms with E-state index in [1.165, 1.54) is 0 Å². The van der Waals surface area contributed by atoms with Gasteiger partial charge in [-0.1, -0.05) is 24.3 Å². The van der Waals surface area contributed by atoms with Crippen LogP contribution in [-0.4, -0.2) is 21.6 Å². The minimum atomic E-state index is -0.125. The normalized spacial score (nSPS) is 11.1. The molecule has 2 aromatic heterocycles. The lowest BCUT2D eigenvalue weighted by Crippen LogP contribution is -2.22. The predicted octanol–water partition coefficient (Wildman–Crippen LogP) is 3.96. The van der Waals surface area contributed by atoms with Crippen LogP contribution in [0.2, 0.25) is 0 Å². The van der Waals surface area contributed by atoms with Gasteiger partial charge in [-0.2, -0.15) is 0 Å². The van der Waals surface area contributed by atoms with Crippen molar-refractivity contribution >= 4 is 23.1 Å². The number of ether oxygens (including phenoxy) is 1. The van der Waals surface area contributed by atoms with Crippen molar-refractivity contribution in [3.63, 3.8) is 0 Å². The SMILES string of the molecule is COc1cccc(-n2c(/C=C/c3cccnc3)nc3ccccc3c2=O)c1. The van der Waals surface area contributed by atoms with Gasteiger partial charge in [-0.25, -0.2) is 4.98 Å². The van der Waals surface area contributed by atoms with Gasteiger partial charge < -0.3 is 4.74 Å². The Labute approximate surface area is 156 Å². The third-order valence-electron chi connectivity index (χ3n) is 4.22. The summed E-state index contributed by atoms with van der Waals surface area (Å²) in [5.41, 5.74) is 2.16. The summed E-state index contributed by atoms with van der Waals surface area (Å²) in [6, 6.07) is 18.5. The number of rotatable bonds is 4. The van der Waals surface area contributed by atoms with Gasteiger partial charge in [0, 0.05) is 18.5 Å². The van der Waals surface area contributed by atoms with Gasteiger partial charge in [0.1, 0.15) is 11.6 Å². The number of aromatic nitrogens is 3. The third kappa shape index (κ3) is 3.35. The molecule has 0 saturated carbocycles. The van der Waals surface area contributed by atoms with Gasteiger partial charge in [0.05, 0.1) is 23.7 Å². The van der Waals surface area contributed by atoms with Gasteiger partial charge in [-0.05, 0) is 48.0 Å². The molecular weight excluding hydrogens is 338 g/mol. The van der Waals surface area contributed by atoms with E-state index < -0.39 is 0 Å². The molecule has 0 saturated heterocycles. The summed E-state index contributed by atoms with van der Waals surface area (Å²) in [5, 5.41) is 0.568. The number of hydrogen-bond donors (Lipinski definition) is 0. The summed E-state index contributed by atoms with van der Waals surface area (Å²) in [6.45, 7) is 0. The minimum Gasteiger partial charge on any atom is -0.497 e. The van der Waals surface area contributed by atoms with Crippen molar-refractivity contribution in [2.24, 2.45) is 0 Å². The monoisotopic (exact) mass is 355 g/mol. The molecule has 0 aliphatic rings. The Morgan fingerprint density at radius 3 is 2.70 bits per heavy atom. The fraction of sp³-hybridized carbons (Fsp3) is 0.0455. The summed E-state index contributed by atoms with van der Waals surface area (Å²) in [6.07, 6.45) is 7.19. The van der Waals surface area contributed by atoms with Crippen LogP contribution in [0, 0.1) is 0 Å². The van der Waals surface area contributed by atoms with E-state index in [2.05, 4.69) is 4.98 Å². The Morgan fingerprint density at radius 2 is 1.89 bits per heavy atom. The molecular formula is C22H17N3O2. The highest BCUT2D eigenvalue weighted by molar-refractivity contribution is 5.80. The van der Waals surface area contributed by atoms with E-state index in [0.717, 1.165) is 5.56 Å². The van der Waals surface area contributed by atoms with Crippen molar-refractivity contribution in [2.75, 3.05) is 7.11 Å². The molecule has 2 heterocycles. The molecule has 0 N–H and O–H groups in total. The number of benzene rings is 2. The smallest absolute Gasteiger partial charge is 0.266 e. The van der Waals surface area contributed by atoms with Crippen LogP contribution < -0.4 is 10.3 Å². The Bertz CT molecular complexity index is 1180. The number of pyridine rings is 1. The summed E-state index contributed by atoms with van der Waals surface area (Å²) < 4.78 is 6.91. The van der Waals surface area contributed by atoms with Crippen molar-refractivity contribution in [3.05, 3.63) is 94.8 Å². The average Bonchev–Trinajstić information content (AvgIpc) is 2.73. The van der Waals surface area contributed by atoms with E-state index in [1.807, 2.05) is 66.7 Å². The first-order valence-corrected chi connectivity index (χ1v) is 8.50. The standard InChI is InChI=1S/C22H17N3O2/c1-27-18-8-4-7-17(14-18)25-21(12-11-16-6-5-13-23-15-16)24-20-10-3-2-9-19(20)22(25)26/h2-15H,1H3/b12-11+. The number of methoxy groups -OCH3 is 1. The number of fused-ring (bicyclic) bond motifs is 1. The maximum absolute atomic E-state index is 13.2. The summed E-state index contributed by atoms with van der Waals surface area (Å²) in [7, 11) is 1.60. The molecule has 5 heteroatoms. The predicted molar refractivity (Wildman–Crippen MR) is 107 cm³/mol. The molecule has 0 aliphatic heterocycles. The van der Waals surface area contributed by atoms with Gasteiger partial charge in [-0.15, -0.1) is 0 Å². The van der Waals surface area contributed by atoms with Crippen LogP contribution >= 0.6 is 0 Å². The maximum Gasteiger partial charge on any atom is 0.266 e. The molecule has 0 bridgehead atoms. The second kappa shape index (κ2) is 7.25. The molecule has 132 valence electrons. The van der Waals surface area contributed by atoms with Gasteiger partial charge >= 0.3 is 0 Å². The van der Waals surface area contributed by atoms with Gasteiger partial charge in [0.15, 0.2) is 0 Å². The molecule has 5 nitrogen and oxygen atoms in total. The van der Waals surface area contributed by atoms with Crippen LogP contribution in [-0.2, 0) is 0 Å². The first-order valence-electron chi connectivity index (χ1n) is 8.50. The highest BCUT2D eigenvalue weighted by Gasteiger charge is 2.11. The topological polar surface area (TPSA) is 57.0 Å². The molecule has 0 fully saturated rings. The van der Waals surface area contributed by atoms with Crippen molar-refractivity contribution in [1.29, 1.82) is 0 Å². The maximum atomic E-state index is 13.2. The lowest BCUT2D eigenvalue weighted by molar-refractivity contribution is 0.414. The fourth-order valence-electron chi connectivity index (χ4n) is 2.91. The molecule has 0 unspecified atom stereocenters. The molecule has 4 aromatic rings. The second-order valence-electron chi connectivity index (χ2n) is 5.95. The highest BCUT2D eigenvalue weighted by Crippen LogP contribution is 2.19. The van der Waals surface area contributed by atoms with Crippen molar-refractivity contribution in [3.8, 4) is 11.4 Å². The van der Waals surface area contributed by atoms with E-state index in [0.29, 0.717) is 28.2 Å². The quantitative estimate of drug-likeness (QED) is 0.556. The van der Waals surface area contributed by atoms with Crippen molar-refractivity contribution in [2.45, 2.75) is 0 Å². The zero-order chi connectivity index (χ0) is 18.6. The van der Waals surface area contributed by atoms with Crippen molar-refractivity contribution < 1.29 is 4.74 Å². The Kier molecular flexibility index (Phi) is 4.49. The molecule has 27 heavy (non-hydrogen) atoms. The minimum absolute atomic E-state index is 0.125. The van der Waals surface area contributed by atoms with Gasteiger partial charge in [0.2, 0.25) is 0 Å². The Hall–Kier alpha value is -3.73. The van der Waals surface area contributed by atoms with Crippen LogP contribution in [0.3, 0.4) is 0 Å². The summed E-state index contributed by atoms with van der Waals surface area (Å²) >= 11 is 0. The van der Waals surface area contributed by atoms with E-state index >= 15 is 0 Å². The molecule has 0 atom stereocenters. The first-order chi connectivity index (χ1) is 13.3. The number of nitrogens with zero attached hydrogens (tertiary/aromatic N) is 3. The molecule has 4 rings (SSSR count). The lowest BCUT2D eigenvalue weighted by Gasteiger charge is -2.12. The van der Waals surface area contributed by atoms with Crippen LogP contribution in [0.25, 0.3) is 28.7 Å². The average molecular weight is 355 g/mol. The van der Waals surface area contributed by atoms with Gasteiger partial charge in [-0.3, -0.25) is 14.3 Å². The van der Waals surface area contributed by atoms with E-state index in [4.69, 9.17) is 9.72 Å². The molecule has 0 amide bonds. The Morgan fingerprint density at radius 1 is 1.00 bits per heavy atom. The fourth-order valence-corrected chi connectivity index (χ4v) is 2.91. The molecule has 0 aliphatic carbocycles. The number of para-hydroxylation sites is 1. The molecule has 0 radical (unpaired) electrons. The zero-order valence-electron chi connectivity index (χ0n) is 14.7. The summed E-state index contributed by atoms with van der Waals surface area (Å²) in [5.74, 6) is 1.21. The summed E-state index contributed by atoms with van der Waals surface area (Å²) in [4.78, 5) is 22.0. The van der Waals surface area contributed by atoms with Gasteiger partial charge in [0.25, 0.3) is 5.56 Å². The zero-order valence-corrected chi connectivity index (χ0v) is 14.7. The van der Waals surface area contributed by atoms with E-state index in [9.17, 15) is 4.79 Å². The number of hydrogen-bond acceptors (Lipinski definition) is 4. The van der Waals surface area contributed by atoms with E-state index in [1.54, 1.807) is 30.1 Å². The molecule has 0 spiro atoms. The molecule has 2 aromatic carbocycles. The van der Waals surface area contributed by atoms with Crippen LogP contribution in [0.4, 0.5) is 0 Å². The lowest BCUT2D eigenvalue weighted by atomic mass is 10.2. The van der Waals surface area contributed by atoms with Crippen LogP contribution in [0.5, 0.6) is 5.75 Å². The first kappa shape index (κ1) is 16.7. The van der Waals surface area contributed by atoms with E-state index in [-0.39, 0.29) is 5.56 Å². The second-order valence-corrected chi connectivity index (χ2v) is 5.95. The van der Waals surface area contributed by atoms with Crippen LogP contribution in [0.15, 0.2) is 77.9 Å². The van der Waals surface area contributed by atoms with Crippen LogP contribution in [0.1, 0.15) is 11.4 Å². The third-order valence-corrected chi connectivity index (χ3v) is 4.22.